The van der Waals surface area contributed by atoms with Gasteiger partial charge in [-0.05, 0) is 24.3 Å². The van der Waals surface area contributed by atoms with E-state index in [2.05, 4.69) is 77.0 Å². The summed E-state index contributed by atoms with van der Waals surface area (Å²) in [5.74, 6) is 1.19. The third kappa shape index (κ3) is 2.61. The van der Waals surface area contributed by atoms with E-state index in [4.69, 9.17) is 0 Å². The Morgan fingerprint density at radius 3 is 2.05 bits per heavy atom. The van der Waals surface area contributed by atoms with E-state index >= 15 is 0 Å². The molecule has 0 saturated heterocycles. The standard InChI is InChI=1S/C16H15N2.BrH/c1-14-17(15-8-4-2-5-9-15)12-13-18(14)16-10-6-3-7-11-16;/h2-13H,1H3;1H/q+1;/p-1. The number of hydrogen-bond acceptors (Lipinski definition) is 0. The molecule has 0 aliphatic rings. The van der Waals surface area contributed by atoms with E-state index in [0.717, 1.165) is 0 Å². The fourth-order valence-electron chi connectivity index (χ4n) is 2.19. The minimum absolute atomic E-state index is 0. The monoisotopic (exact) mass is 314 g/mol. The molecule has 0 fully saturated rings. The lowest BCUT2D eigenvalue weighted by Crippen LogP contribution is -3.00. The second kappa shape index (κ2) is 5.85. The molecule has 0 atom stereocenters. The number of hydrogen-bond donors (Lipinski definition) is 0. The van der Waals surface area contributed by atoms with Crippen LogP contribution in [-0.2, 0) is 0 Å². The molecule has 0 unspecified atom stereocenters. The summed E-state index contributed by atoms with van der Waals surface area (Å²) in [5.41, 5.74) is 2.37. The Morgan fingerprint density at radius 1 is 0.842 bits per heavy atom. The SMILES string of the molecule is Cc1n(-c2ccccc2)cc[n+]1-c1ccccc1.[Br-]. The van der Waals surface area contributed by atoms with Gasteiger partial charge in [0, 0.05) is 6.92 Å². The second-order valence-corrected chi connectivity index (χ2v) is 4.26. The molecule has 1 aromatic heterocycles. The topological polar surface area (TPSA) is 8.81 Å². The van der Waals surface area contributed by atoms with Crippen LogP contribution in [0.5, 0.6) is 0 Å². The highest BCUT2D eigenvalue weighted by atomic mass is 79.9. The van der Waals surface area contributed by atoms with Gasteiger partial charge in [-0.15, -0.1) is 0 Å². The molecule has 3 rings (SSSR count). The van der Waals surface area contributed by atoms with Gasteiger partial charge in [-0.1, -0.05) is 36.4 Å². The summed E-state index contributed by atoms with van der Waals surface area (Å²) in [4.78, 5) is 0. The van der Waals surface area contributed by atoms with Gasteiger partial charge in [0.1, 0.15) is 23.8 Å². The van der Waals surface area contributed by atoms with Gasteiger partial charge in [0.15, 0.2) is 0 Å². The fraction of sp³-hybridized carbons (Fsp3) is 0.0625. The molecule has 3 heteroatoms. The van der Waals surface area contributed by atoms with E-state index in [1.807, 2.05) is 12.1 Å². The highest BCUT2D eigenvalue weighted by Crippen LogP contribution is 2.10. The molecule has 19 heavy (non-hydrogen) atoms. The van der Waals surface area contributed by atoms with Gasteiger partial charge in [0.25, 0.3) is 5.82 Å². The Labute approximate surface area is 123 Å². The van der Waals surface area contributed by atoms with E-state index < -0.39 is 0 Å². The van der Waals surface area contributed by atoms with Crippen molar-refractivity contribution >= 4 is 0 Å². The van der Waals surface area contributed by atoms with Crippen molar-refractivity contribution in [2.24, 2.45) is 0 Å². The maximum absolute atomic E-state index is 2.19. The quantitative estimate of drug-likeness (QED) is 0.592. The summed E-state index contributed by atoms with van der Waals surface area (Å²) in [7, 11) is 0. The zero-order valence-corrected chi connectivity index (χ0v) is 12.3. The molecule has 2 aromatic carbocycles. The van der Waals surface area contributed by atoms with Crippen molar-refractivity contribution in [3.63, 3.8) is 0 Å². The number of halogens is 1. The average molecular weight is 315 g/mol. The Hall–Kier alpha value is -1.87. The van der Waals surface area contributed by atoms with E-state index in [1.165, 1.54) is 17.2 Å². The molecule has 96 valence electrons. The first-order valence-corrected chi connectivity index (χ1v) is 6.07. The van der Waals surface area contributed by atoms with E-state index in [9.17, 15) is 0 Å². The number of rotatable bonds is 2. The minimum atomic E-state index is 0. The van der Waals surface area contributed by atoms with Gasteiger partial charge in [0.05, 0.1) is 0 Å². The Kier molecular flexibility index (Phi) is 4.17. The van der Waals surface area contributed by atoms with Crippen LogP contribution >= 0.6 is 0 Å². The highest BCUT2D eigenvalue weighted by molar-refractivity contribution is 5.32. The largest absolute Gasteiger partial charge is 1.00 e. The number of benzene rings is 2. The Morgan fingerprint density at radius 2 is 1.42 bits per heavy atom. The van der Waals surface area contributed by atoms with Crippen LogP contribution in [0.3, 0.4) is 0 Å². The second-order valence-electron chi connectivity index (χ2n) is 4.26. The number of imidazole rings is 1. The van der Waals surface area contributed by atoms with E-state index in [-0.39, 0.29) is 17.0 Å². The fourth-order valence-corrected chi connectivity index (χ4v) is 2.19. The maximum Gasteiger partial charge on any atom is 0.263 e. The van der Waals surface area contributed by atoms with Gasteiger partial charge in [-0.2, -0.15) is 9.13 Å². The van der Waals surface area contributed by atoms with Crippen molar-refractivity contribution in [2.45, 2.75) is 6.92 Å². The smallest absolute Gasteiger partial charge is 0.263 e. The van der Waals surface area contributed by atoms with Crippen LogP contribution in [0.2, 0.25) is 0 Å². The predicted octanol–water partition coefficient (Wildman–Crippen LogP) is 0.0664. The predicted molar refractivity (Wildman–Crippen MR) is 72.0 cm³/mol. The number of aromatic nitrogens is 2. The minimum Gasteiger partial charge on any atom is -1.00 e. The molecular formula is C16H15BrN2. The zero-order valence-electron chi connectivity index (χ0n) is 10.7. The van der Waals surface area contributed by atoms with Crippen LogP contribution in [0.25, 0.3) is 11.4 Å². The molecule has 0 radical (unpaired) electrons. The third-order valence-electron chi connectivity index (χ3n) is 3.13. The first-order chi connectivity index (χ1) is 8.86. The molecule has 0 N–H and O–H groups in total. The Balaban J connectivity index is 0.00000133. The lowest BCUT2D eigenvalue weighted by molar-refractivity contribution is -0.601. The zero-order chi connectivity index (χ0) is 12.4. The molecule has 3 aromatic rings. The first-order valence-electron chi connectivity index (χ1n) is 6.07. The molecule has 0 aliphatic carbocycles. The van der Waals surface area contributed by atoms with Crippen LogP contribution in [0.15, 0.2) is 73.1 Å². The normalized spacial score (nSPS) is 9.95. The molecule has 0 saturated carbocycles. The van der Waals surface area contributed by atoms with Crippen molar-refractivity contribution in [1.82, 2.24) is 4.57 Å². The van der Waals surface area contributed by atoms with Gasteiger partial charge >= 0.3 is 0 Å². The van der Waals surface area contributed by atoms with Gasteiger partial charge in [0.2, 0.25) is 0 Å². The van der Waals surface area contributed by atoms with Crippen molar-refractivity contribution in [3.8, 4) is 11.4 Å². The van der Waals surface area contributed by atoms with Crippen molar-refractivity contribution in [1.29, 1.82) is 0 Å². The summed E-state index contributed by atoms with van der Waals surface area (Å²) < 4.78 is 4.38. The van der Waals surface area contributed by atoms with Gasteiger partial charge < -0.3 is 17.0 Å². The van der Waals surface area contributed by atoms with Crippen LogP contribution in [0.4, 0.5) is 0 Å². The molecule has 0 spiro atoms. The van der Waals surface area contributed by atoms with Crippen LogP contribution < -0.4 is 21.5 Å². The van der Waals surface area contributed by atoms with E-state index in [1.54, 1.807) is 0 Å². The van der Waals surface area contributed by atoms with Gasteiger partial charge in [-0.3, -0.25) is 0 Å². The highest BCUT2D eigenvalue weighted by Gasteiger charge is 2.14. The van der Waals surface area contributed by atoms with Crippen LogP contribution in [0.1, 0.15) is 5.82 Å². The van der Waals surface area contributed by atoms with Crippen LogP contribution in [0, 0.1) is 6.92 Å². The summed E-state index contributed by atoms with van der Waals surface area (Å²) in [6.07, 6.45) is 4.19. The number of nitrogens with zero attached hydrogens (tertiary/aromatic N) is 2. The maximum atomic E-state index is 2.19. The molecule has 1 heterocycles. The first kappa shape index (κ1) is 13.6. The van der Waals surface area contributed by atoms with Gasteiger partial charge in [-0.25, -0.2) is 0 Å². The molecule has 0 amide bonds. The molecule has 0 bridgehead atoms. The summed E-state index contributed by atoms with van der Waals surface area (Å²) in [6.45, 7) is 2.12. The van der Waals surface area contributed by atoms with E-state index in [0.29, 0.717) is 0 Å². The average Bonchev–Trinajstić information content (AvgIpc) is 2.83. The summed E-state index contributed by atoms with van der Waals surface area (Å²) in [5, 5.41) is 0. The summed E-state index contributed by atoms with van der Waals surface area (Å²) >= 11 is 0. The molecule has 2 nitrogen and oxygen atoms in total. The lowest BCUT2D eigenvalue weighted by atomic mass is 10.3. The number of para-hydroxylation sites is 2. The summed E-state index contributed by atoms with van der Waals surface area (Å²) in [6, 6.07) is 20.8. The molecule has 0 aliphatic heterocycles. The molecular weight excluding hydrogens is 300 g/mol. The van der Waals surface area contributed by atoms with Crippen molar-refractivity contribution in [3.05, 3.63) is 78.9 Å². The lowest BCUT2D eigenvalue weighted by Gasteiger charge is -2.00. The van der Waals surface area contributed by atoms with Crippen molar-refractivity contribution < 1.29 is 21.5 Å². The third-order valence-corrected chi connectivity index (χ3v) is 3.13. The van der Waals surface area contributed by atoms with Crippen molar-refractivity contribution in [2.75, 3.05) is 0 Å². The Bertz CT molecular complexity index is 588. The van der Waals surface area contributed by atoms with Crippen LogP contribution in [-0.4, -0.2) is 4.57 Å².